The zero-order valence-electron chi connectivity index (χ0n) is 9.50. The summed E-state index contributed by atoms with van der Waals surface area (Å²) in [6.07, 6.45) is 7.42. The quantitative estimate of drug-likeness (QED) is 0.679. The average Bonchev–Trinajstić information content (AvgIpc) is 2.64. The highest BCUT2D eigenvalue weighted by Gasteiger charge is 2.43. The lowest BCUT2D eigenvalue weighted by molar-refractivity contribution is -0.680. The lowest BCUT2D eigenvalue weighted by Gasteiger charge is -2.26. The van der Waals surface area contributed by atoms with E-state index in [4.69, 9.17) is 0 Å². The van der Waals surface area contributed by atoms with Gasteiger partial charge in [0, 0.05) is 12.3 Å². The molecule has 1 heterocycles. The van der Waals surface area contributed by atoms with Crippen molar-refractivity contribution in [3.05, 3.63) is 0 Å². The largest absolute Gasteiger partial charge is 0.549 e. The van der Waals surface area contributed by atoms with Gasteiger partial charge in [-0.05, 0) is 19.8 Å². The van der Waals surface area contributed by atoms with Crippen LogP contribution in [0, 0.1) is 11.3 Å². The van der Waals surface area contributed by atoms with E-state index in [0.29, 0.717) is 12.6 Å². The molecule has 3 heteroatoms. The van der Waals surface area contributed by atoms with Crippen molar-refractivity contribution in [2.24, 2.45) is 11.3 Å². The van der Waals surface area contributed by atoms with Gasteiger partial charge in [-0.3, -0.25) is 0 Å². The van der Waals surface area contributed by atoms with Gasteiger partial charge in [0.2, 0.25) is 0 Å². The van der Waals surface area contributed by atoms with Crippen molar-refractivity contribution in [3.63, 3.8) is 0 Å². The van der Waals surface area contributed by atoms with E-state index in [1.165, 1.54) is 32.1 Å². The fourth-order valence-corrected chi connectivity index (χ4v) is 3.19. The summed E-state index contributed by atoms with van der Waals surface area (Å²) in [4.78, 5) is 11.0. The van der Waals surface area contributed by atoms with E-state index >= 15 is 0 Å². The van der Waals surface area contributed by atoms with Crippen molar-refractivity contribution in [3.8, 4) is 0 Å². The lowest BCUT2D eigenvalue weighted by Crippen LogP contribution is -2.89. The van der Waals surface area contributed by atoms with Crippen molar-refractivity contribution in [1.82, 2.24) is 0 Å². The molecule has 2 fully saturated rings. The molecule has 1 aliphatic carbocycles. The zero-order valence-corrected chi connectivity index (χ0v) is 9.50. The molecule has 1 saturated heterocycles. The summed E-state index contributed by atoms with van der Waals surface area (Å²) in [5.74, 6) is -0.114. The minimum Gasteiger partial charge on any atom is -0.549 e. The van der Waals surface area contributed by atoms with Crippen LogP contribution in [0.5, 0.6) is 0 Å². The maximum absolute atomic E-state index is 11.0. The van der Waals surface area contributed by atoms with Crippen LogP contribution in [0.25, 0.3) is 0 Å². The molecule has 15 heavy (non-hydrogen) atoms. The molecule has 0 amide bonds. The topological polar surface area (TPSA) is 56.7 Å². The number of quaternary nitrogens is 1. The Morgan fingerprint density at radius 3 is 2.53 bits per heavy atom. The maximum atomic E-state index is 11.0. The Kier molecular flexibility index (Phi) is 3.01. The van der Waals surface area contributed by atoms with Gasteiger partial charge in [-0.2, -0.15) is 0 Å². The number of carbonyl (C=O) groups excluding carboxylic acids is 1. The molecule has 0 spiro atoms. The van der Waals surface area contributed by atoms with Gasteiger partial charge >= 0.3 is 0 Å². The minimum absolute atomic E-state index is 0.535. The molecule has 1 unspecified atom stereocenters. The first-order chi connectivity index (χ1) is 7.12. The van der Waals surface area contributed by atoms with Crippen LogP contribution in [0.15, 0.2) is 0 Å². The molecule has 0 aromatic carbocycles. The highest BCUT2D eigenvalue weighted by molar-refractivity contribution is 5.72. The van der Waals surface area contributed by atoms with Crippen LogP contribution in [0.4, 0.5) is 0 Å². The SMILES string of the molecule is C[C@]1(C(=O)[O-])C[NH2+]C(C2CCCCC2)C1. The molecule has 2 N–H and O–H groups in total. The molecule has 1 aliphatic heterocycles. The summed E-state index contributed by atoms with van der Waals surface area (Å²) in [6, 6.07) is 0.535. The number of carboxylic acids is 1. The standard InChI is InChI=1S/C12H21NO2/c1-12(11(14)15)7-10(13-8-12)9-5-3-2-4-6-9/h9-10,13H,2-8H2,1H3,(H,14,15)/t10?,12-/m1/s1. The van der Waals surface area contributed by atoms with Crippen LogP contribution in [-0.4, -0.2) is 18.6 Å². The van der Waals surface area contributed by atoms with Gasteiger partial charge in [0.15, 0.2) is 0 Å². The van der Waals surface area contributed by atoms with Crippen molar-refractivity contribution in [2.75, 3.05) is 6.54 Å². The highest BCUT2D eigenvalue weighted by atomic mass is 16.4. The van der Waals surface area contributed by atoms with E-state index in [0.717, 1.165) is 12.3 Å². The van der Waals surface area contributed by atoms with Crippen LogP contribution in [0.2, 0.25) is 0 Å². The Morgan fingerprint density at radius 1 is 1.33 bits per heavy atom. The number of hydrogen-bond donors (Lipinski definition) is 1. The Hall–Kier alpha value is -0.570. The van der Waals surface area contributed by atoms with E-state index in [9.17, 15) is 9.90 Å². The zero-order chi connectivity index (χ0) is 10.9. The normalized spacial score (nSPS) is 38.1. The smallest absolute Gasteiger partial charge is 0.0899 e. The molecular formula is C12H21NO2. The van der Waals surface area contributed by atoms with Gasteiger partial charge in [-0.1, -0.05) is 19.3 Å². The molecule has 3 nitrogen and oxygen atoms in total. The van der Waals surface area contributed by atoms with Crippen molar-refractivity contribution >= 4 is 5.97 Å². The molecule has 0 aromatic heterocycles. The predicted octanol–water partition coefficient (Wildman–Crippen LogP) is -0.341. The second-order valence-electron chi connectivity index (χ2n) is 5.55. The van der Waals surface area contributed by atoms with E-state index in [1.54, 1.807) is 0 Å². The molecule has 86 valence electrons. The second kappa shape index (κ2) is 4.12. The Balaban J connectivity index is 1.94. The van der Waals surface area contributed by atoms with E-state index in [2.05, 4.69) is 5.32 Å². The number of aliphatic carboxylic acids is 1. The first-order valence-electron chi connectivity index (χ1n) is 6.17. The van der Waals surface area contributed by atoms with Gasteiger partial charge in [0.1, 0.15) is 0 Å². The Morgan fingerprint density at radius 2 is 2.00 bits per heavy atom. The number of carboxylic acid groups (broad SMARTS) is 1. The number of carbonyl (C=O) groups is 1. The monoisotopic (exact) mass is 211 g/mol. The maximum Gasteiger partial charge on any atom is 0.0899 e. The second-order valence-corrected chi connectivity index (χ2v) is 5.55. The first-order valence-corrected chi connectivity index (χ1v) is 6.17. The van der Waals surface area contributed by atoms with Gasteiger partial charge < -0.3 is 15.2 Å². The third-order valence-electron chi connectivity index (χ3n) is 4.31. The Bertz CT molecular complexity index is 248. The molecule has 0 radical (unpaired) electrons. The third-order valence-corrected chi connectivity index (χ3v) is 4.31. The average molecular weight is 211 g/mol. The summed E-state index contributed by atoms with van der Waals surface area (Å²) in [7, 11) is 0. The molecule has 0 bridgehead atoms. The molecule has 2 rings (SSSR count). The molecule has 0 aromatic rings. The molecule has 2 aliphatic rings. The predicted molar refractivity (Wildman–Crippen MR) is 54.9 cm³/mol. The summed E-state index contributed by atoms with van der Waals surface area (Å²) < 4.78 is 0. The van der Waals surface area contributed by atoms with Gasteiger partial charge in [0.25, 0.3) is 0 Å². The van der Waals surface area contributed by atoms with Crippen LogP contribution in [0.3, 0.4) is 0 Å². The molecular weight excluding hydrogens is 190 g/mol. The Labute approximate surface area is 91.2 Å². The summed E-state index contributed by atoms with van der Waals surface area (Å²) in [5.41, 5.74) is -0.581. The van der Waals surface area contributed by atoms with Crippen LogP contribution < -0.4 is 10.4 Å². The summed E-state index contributed by atoms with van der Waals surface area (Å²) >= 11 is 0. The number of rotatable bonds is 2. The number of hydrogen-bond acceptors (Lipinski definition) is 2. The summed E-state index contributed by atoms with van der Waals surface area (Å²) in [6.45, 7) is 2.54. The fourth-order valence-electron chi connectivity index (χ4n) is 3.19. The van der Waals surface area contributed by atoms with Crippen LogP contribution in [0.1, 0.15) is 45.4 Å². The van der Waals surface area contributed by atoms with Crippen molar-refractivity contribution in [2.45, 2.75) is 51.5 Å². The van der Waals surface area contributed by atoms with Gasteiger partial charge in [0.05, 0.1) is 24.0 Å². The van der Waals surface area contributed by atoms with Crippen LogP contribution in [-0.2, 0) is 4.79 Å². The van der Waals surface area contributed by atoms with Gasteiger partial charge in [-0.15, -0.1) is 0 Å². The van der Waals surface area contributed by atoms with Crippen LogP contribution >= 0.6 is 0 Å². The van der Waals surface area contributed by atoms with Crippen molar-refractivity contribution < 1.29 is 15.2 Å². The fraction of sp³-hybridized carbons (Fsp3) is 0.917. The molecule has 2 atom stereocenters. The van der Waals surface area contributed by atoms with E-state index in [1.807, 2.05) is 6.92 Å². The van der Waals surface area contributed by atoms with Gasteiger partial charge in [-0.25, -0.2) is 0 Å². The van der Waals surface area contributed by atoms with E-state index in [-0.39, 0.29) is 0 Å². The lowest BCUT2D eigenvalue weighted by atomic mass is 9.79. The minimum atomic E-state index is -0.864. The van der Waals surface area contributed by atoms with Crippen molar-refractivity contribution in [1.29, 1.82) is 0 Å². The van der Waals surface area contributed by atoms with E-state index < -0.39 is 11.4 Å². The third kappa shape index (κ3) is 2.17. The summed E-state index contributed by atoms with van der Waals surface area (Å²) in [5, 5.41) is 13.3. The highest BCUT2D eigenvalue weighted by Crippen LogP contribution is 2.33. The molecule has 1 saturated carbocycles. The first kappa shape index (κ1) is 10.9. The number of nitrogens with two attached hydrogens (primary N) is 1.